The Labute approximate surface area is 142 Å². The summed E-state index contributed by atoms with van der Waals surface area (Å²) in [5.74, 6) is 2.52. The fourth-order valence-corrected chi connectivity index (χ4v) is 5.54. The number of piperidine rings is 1. The van der Waals surface area contributed by atoms with Gasteiger partial charge in [-0.15, -0.1) is 11.3 Å². The molecule has 0 aromatic carbocycles. The first-order valence-electron chi connectivity index (χ1n) is 9.23. The molecule has 3 aliphatic rings. The van der Waals surface area contributed by atoms with Gasteiger partial charge in [-0.3, -0.25) is 9.69 Å². The second kappa shape index (κ2) is 6.89. The first-order valence-corrected chi connectivity index (χ1v) is 10.1. The van der Waals surface area contributed by atoms with Crippen molar-refractivity contribution in [1.82, 2.24) is 9.88 Å². The lowest BCUT2D eigenvalue weighted by Crippen LogP contribution is -2.29. The number of fused-ring (bicyclic) bond motifs is 2. The van der Waals surface area contributed by atoms with Crippen molar-refractivity contribution in [3.8, 4) is 0 Å². The zero-order valence-electron chi connectivity index (χ0n) is 13.8. The van der Waals surface area contributed by atoms with E-state index >= 15 is 0 Å². The third-order valence-corrected chi connectivity index (χ3v) is 6.77. The Morgan fingerprint density at radius 1 is 1.26 bits per heavy atom. The number of carbonyl (C=O) groups is 1. The summed E-state index contributed by atoms with van der Waals surface area (Å²) in [7, 11) is 0. The number of thiazole rings is 1. The zero-order valence-corrected chi connectivity index (χ0v) is 14.6. The third kappa shape index (κ3) is 3.77. The van der Waals surface area contributed by atoms with Gasteiger partial charge in [-0.2, -0.15) is 0 Å². The predicted octanol–water partition coefficient (Wildman–Crippen LogP) is 3.89. The summed E-state index contributed by atoms with van der Waals surface area (Å²) in [5, 5.41) is 5.92. The number of anilines is 1. The van der Waals surface area contributed by atoms with Gasteiger partial charge >= 0.3 is 0 Å². The molecule has 2 heterocycles. The molecule has 5 heteroatoms. The number of hydrogen-bond acceptors (Lipinski definition) is 4. The average Bonchev–Trinajstić information content (AvgIpc) is 3.26. The minimum Gasteiger partial charge on any atom is -0.302 e. The highest BCUT2D eigenvalue weighted by Gasteiger charge is 2.40. The number of rotatable bonds is 5. The summed E-state index contributed by atoms with van der Waals surface area (Å²) in [6.45, 7) is 3.30. The molecule has 0 spiro atoms. The van der Waals surface area contributed by atoms with Crippen molar-refractivity contribution in [2.45, 2.75) is 57.9 Å². The molecule has 0 radical (unpaired) electrons. The molecule has 1 N–H and O–H groups in total. The molecule has 0 unspecified atom stereocenters. The van der Waals surface area contributed by atoms with Crippen LogP contribution in [-0.2, 0) is 11.3 Å². The van der Waals surface area contributed by atoms with Gasteiger partial charge in [-0.25, -0.2) is 4.98 Å². The maximum Gasteiger partial charge on any atom is 0.226 e. The molecule has 3 fully saturated rings. The summed E-state index contributed by atoms with van der Waals surface area (Å²) < 4.78 is 0. The molecular formula is C18H27N3OS. The topological polar surface area (TPSA) is 45.2 Å². The van der Waals surface area contributed by atoms with E-state index in [9.17, 15) is 4.79 Å². The van der Waals surface area contributed by atoms with Gasteiger partial charge in [0.2, 0.25) is 5.91 Å². The minimum atomic E-state index is 0.168. The molecule has 2 aliphatic carbocycles. The molecule has 1 aliphatic heterocycles. The third-order valence-electron chi connectivity index (χ3n) is 5.96. The molecule has 1 saturated heterocycles. The SMILES string of the molecule is O=C(C[C@H]1C[C@@H]2CC[C@@H]1C2)Nc1nc(CN2CCCCC2)cs1. The Morgan fingerprint density at radius 3 is 2.87 bits per heavy atom. The normalized spacial score (nSPS) is 30.7. The average molecular weight is 334 g/mol. The number of nitrogens with one attached hydrogen (secondary N) is 1. The molecule has 1 amide bonds. The lowest BCUT2D eigenvalue weighted by molar-refractivity contribution is -0.117. The van der Waals surface area contributed by atoms with E-state index in [-0.39, 0.29) is 5.91 Å². The summed E-state index contributed by atoms with van der Waals surface area (Å²) >= 11 is 1.57. The van der Waals surface area contributed by atoms with Crippen LogP contribution in [0.1, 0.15) is 57.1 Å². The van der Waals surface area contributed by atoms with E-state index in [0.29, 0.717) is 12.3 Å². The number of amides is 1. The Kier molecular flexibility index (Phi) is 4.67. The number of likely N-dealkylation sites (tertiary alicyclic amines) is 1. The highest BCUT2D eigenvalue weighted by atomic mass is 32.1. The van der Waals surface area contributed by atoms with Gasteiger partial charge in [0.1, 0.15) is 0 Å². The van der Waals surface area contributed by atoms with E-state index in [2.05, 4.69) is 20.6 Å². The first-order chi connectivity index (χ1) is 11.3. The van der Waals surface area contributed by atoms with Crippen molar-refractivity contribution >= 4 is 22.4 Å². The van der Waals surface area contributed by atoms with Gasteiger partial charge in [0.05, 0.1) is 5.69 Å². The fraction of sp³-hybridized carbons (Fsp3) is 0.778. The van der Waals surface area contributed by atoms with Crippen LogP contribution >= 0.6 is 11.3 Å². The van der Waals surface area contributed by atoms with Crippen LogP contribution in [0.15, 0.2) is 5.38 Å². The van der Waals surface area contributed by atoms with Crippen LogP contribution in [0.2, 0.25) is 0 Å². The van der Waals surface area contributed by atoms with Crippen molar-refractivity contribution < 1.29 is 4.79 Å². The van der Waals surface area contributed by atoms with Crippen LogP contribution in [0.5, 0.6) is 0 Å². The van der Waals surface area contributed by atoms with Crippen LogP contribution in [0.25, 0.3) is 0 Å². The summed E-state index contributed by atoms with van der Waals surface area (Å²) in [4.78, 5) is 19.4. The molecule has 3 atom stereocenters. The monoisotopic (exact) mass is 333 g/mol. The van der Waals surface area contributed by atoms with Gasteiger partial charge < -0.3 is 5.32 Å². The van der Waals surface area contributed by atoms with Gasteiger partial charge in [-0.1, -0.05) is 12.8 Å². The van der Waals surface area contributed by atoms with Crippen LogP contribution < -0.4 is 5.32 Å². The Bertz CT molecular complexity index is 552. The molecule has 1 aromatic rings. The second-order valence-electron chi connectivity index (χ2n) is 7.67. The molecule has 4 rings (SSSR count). The van der Waals surface area contributed by atoms with Crippen LogP contribution in [0.3, 0.4) is 0 Å². The Hall–Kier alpha value is -0.940. The van der Waals surface area contributed by atoms with Gasteiger partial charge in [0.15, 0.2) is 5.13 Å². The van der Waals surface area contributed by atoms with Crippen LogP contribution in [0.4, 0.5) is 5.13 Å². The van der Waals surface area contributed by atoms with Crippen molar-refractivity contribution in [1.29, 1.82) is 0 Å². The Morgan fingerprint density at radius 2 is 2.13 bits per heavy atom. The van der Waals surface area contributed by atoms with Crippen molar-refractivity contribution in [3.63, 3.8) is 0 Å². The van der Waals surface area contributed by atoms with Crippen molar-refractivity contribution in [2.75, 3.05) is 18.4 Å². The smallest absolute Gasteiger partial charge is 0.226 e. The van der Waals surface area contributed by atoms with E-state index in [4.69, 9.17) is 0 Å². The predicted molar refractivity (Wildman–Crippen MR) is 93.4 cm³/mol. The highest BCUT2D eigenvalue weighted by molar-refractivity contribution is 7.13. The number of hydrogen-bond donors (Lipinski definition) is 1. The molecule has 2 saturated carbocycles. The lowest BCUT2D eigenvalue weighted by Gasteiger charge is -2.25. The lowest BCUT2D eigenvalue weighted by atomic mass is 9.86. The van der Waals surface area contributed by atoms with Gasteiger partial charge in [0.25, 0.3) is 0 Å². The number of nitrogens with zero attached hydrogens (tertiary/aromatic N) is 2. The number of carbonyl (C=O) groups excluding carboxylic acids is 1. The maximum absolute atomic E-state index is 12.3. The standard InChI is InChI=1S/C18H27N3OS/c22-17(10-15-9-13-4-5-14(15)8-13)20-18-19-16(12-23-18)11-21-6-2-1-3-7-21/h12-15H,1-11H2,(H,19,20,22)/t13-,14-,15-/m1/s1. The highest BCUT2D eigenvalue weighted by Crippen LogP contribution is 2.49. The molecule has 4 nitrogen and oxygen atoms in total. The van der Waals surface area contributed by atoms with Crippen molar-refractivity contribution in [2.24, 2.45) is 17.8 Å². The minimum absolute atomic E-state index is 0.168. The van der Waals surface area contributed by atoms with E-state index < -0.39 is 0 Å². The fourth-order valence-electron chi connectivity index (χ4n) is 4.82. The van der Waals surface area contributed by atoms with Gasteiger partial charge in [-0.05, 0) is 62.9 Å². The maximum atomic E-state index is 12.3. The first kappa shape index (κ1) is 15.6. The summed E-state index contributed by atoms with van der Waals surface area (Å²) in [5.41, 5.74) is 1.10. The molecule has 126 valence electrons. The molecule has 1 aromatic heterocycles. The van der Waals surface area contributed by atoms with E-state index in [1.807, 2.05) is 0 Å². The van der Waals surface area contributed by atoms with Crippen LogP contribution in [0, 0.1) is 17.8 Å². The van der Waals surface area contributed by atoms with E-state index in [1.54, 1.807) is 11.3 Å². The van der Waals surface area contributed by atoms with Gasteiger partial charge in [0, 0.05) is 18.3 Å². The Balaban J connectivity index is 1.26. The van der Waals surface area contributed by atoms with Crippen molar-refractivity contribution in [3.05, 3.63) is 11.1 Å². The van der Waals surface area contributed by atoms with E-state index in [0.717, 1.165) is 29.2 Å². The zero-order chi connectivity index (χ0) is 15.6. The van der Waals surface area contributed by atoms with Crippen LogP contribution in [-0.4, -0.2) is 28.9 Å². The quantitative estimate of drug-likeness (QED) is 0.889. The summed E-state index contributed by atoms with van der Waals surface area (Å²) in [6, 6.07) is 0. The molecule has 23 heavy (non-hydrogen) atoms. The van der Waals surface area contributed by atoms with E-state index in [1.165, 1.54) is 58.0 Å². The largest absolute Gasteiger partial charge is 0.302 e. The molecule has 2 bridgehead atoms. The molecular weight excluding hydrogens is 306 g/mol. The second-order valence-corrected chi connectivity index (χ2v) is 8.53. The number of aromatic nitrogens is 1. The summed E-state index contributed by atoms with van der Waals surface area (Å²) in [6.07, 6.45) is 10.1.